The van der Waals surface area contributed by atoms with E-state index in [4.69, 9.17) is 9.73 Å². The van der Waals surface area contributed by atoms with Gasteiger partial charge in [0.1, 0.15) is 18.2 Å². The number of anilines is 1. The number of aromatic nitrogens is 4. The third-order valence-electron chi connectivity index (χ3n) is 5.06. The molecule has 0 aromatic carbocycles. The monoisotopic (exact) mass is 400 g/mol. The molecule has 2 aromatic rings. The van der Waals surface area contributed by atoms with Gasteiger partial charge in [-0.25, -0.2) is 9.98 Å². The minimum absolute atomic E-state index is 0.506. The first-order valence-electron chi connectivity index (χ1n) is 10.3. The Balaban J connectivity index is 1.61. The van der Waals surface area contributed by atoms with Gasteiger partial charge in [-0.05, 0) is 32.4 Å². The molecule has 1 saturated heterocycles. The van der Waals surface area contributed by atoms with Gasteiger partial charge < -0.3 is 24.4 Å². The highest BCUT2D eigenvalue weighted by atomic mass is 16.5. The Kier molecular flexibility index (Phi) is 7.80. The first-order valence-corrected chi connectivity index (χ1v) is 10.3. The molecule has 1 aliphatic rings. The summed E-state index contributed by atoms with van der Waals surface area (Å²) in [5.74, 6) is 3.71. The Labute approximate surface area is 172 Å². The minimum Gasteiger partial charge on any atom is -0.382 e. The molecule has 29 heavy (non-hydrogen) atoms. The van der Waals surface area contributed by atoms with Gasteiger partial charge in [0.05, 0.1) is 0 Å². The van der Waals surface area contributed by atoms with Crippen molar-refractivity contribution in [2.75, 3.05) is 50.8 Å². The van der Waals surface area contributed by atoms with Crippen LogP contribution in [0.3, 0.4) is 0 Å². The molecule has 2 aromatic heterocycles. The number of nitrogens with one attached hydrogen (secondary N) is 1. The molecule has 3 heterocycles. The highest BCUT2D eigenvalue weighted by Crippen LogP contribution is 2.13. The Hall–Kier alpha value is -2.68. The van der Waals surface area contributed by atoms with E-state index in [1.165, 1.54) is 0 Å². The molecule has 0 aliphatic carbocycles. The SMILES string of the molecule is CCOCCCNC(=NCc1nnc(C)n1C)N1CCN(c2ccccn2)CC1. The van der Waals surface area contributed by atoms with Gasteiger partial charge in [-0.3, -0.25) is 0 Å². The molecular formula is C20H32N8O. The molecule has 0 saturated carbocycles. The Morgan fingerprint density at radius 2 is 2.03 bits per heavy atom. The largest absolute Gasteiger partial charge is 0.382 e. The second-order valence-corrected chi connectivity index (χ2v) is 7.00. The average molecular weight is 401 g/mol. The van der Waals surface area contributed by atoms with E-state index in [0.29, 0.717) is 6.54 Å². The van der Waals surface area contributed by atoms with Crippen LogP contribution in [0, 0.1) is 6.92 Å². The summed E-state index contributed by atoms with van der Waals surface area (Å²) < 4.78 is 7.42. The van der Waals surface area contributed by atoms with Crippen LogP contribution in [0.1, 0.15) is 25.0 Å². The summed E-state index contributed by atoms with van der Waals surface area (Å²) >= 11 is 0. The van der Waals surface area contributed by atoms with Gasteiger partial charge in [-0.1, -0.05) is 6.07 Å². The van der Waals surface area contributed by atoms with Gasteiger partial charge in [0, 0.05) is 59.2 Å². The third kappa shape index (κ3) is 5.90. The number of aryl methyl sites for hydroxylation is 1. The lowest BCUT2D eigenvalue weighted by molar-refractivity contribution is 0.145. The predicted molar refractivity (Wildman–Crippen MR) is 114 cm³/mol. The number of hydrogen-bond donors (Lipinski definition) is 1. The van der Waals surface area contributed by atoms with Gasteiger partial charge in [-0.15, -0.1) is 10.2 Å². The summed E-state index contributed by atoms with van der Waals surface area (Å²) in [7, 11) is 1.97. The van der Waals surface area contributed by atoms with E-state index in [1.807, 2.05) is 43.8 Å². The number of ether oxygens (including phenoxy) is 1. The minimum atomic E-state index is 0.506. The normalized spacial score (nSPS) is 15.1. The fourth-order valence-electron chi connectivity index (χ4n) is 3.21. The van der Waals surface area contributed by atoms with E-state index in [9.17, 15) is 0 Å². The van der Waals surface area contributed by atoms with Crippen LogP contribution in [0.2, 0.25) is 0 Å². The average Bonchev–Trinajstić information content (AvgIpc) is 3.08. The van der Waals surface area contributed by atoms with Crippen molar-refractivity contribution in [3.63, 3.8) is 0 Å². The van der Waals surface area contributed by atoms with Gasteiger partial charge in [-0.2, -0.15) is 0 Å². The molecular weight excluding hydrogens is 368 g/mol. The highest BCUT2D eigenvalue weighted by molar-refractivity contribution is 5.80. The number of pyridine rings is 1. The standard InChI is InChI=1S/C20H32N8O/c1-4-29-15-7-10-22-20(23-16-19-25-24-17(2)26(19)3)28-13-11-27(12-14-28)18-8-5-6-9-21-18/h5-6,8-9H,4,7,10-16H2,1-3H3,(H,22,23). The topological polar surface area (TPSA) is 83.7 Å². The maximum atomic E-state index is 5.44. The summed E-state index contributed by atoms with van der Waals surface area (Å²) in [4.78, 5) is 13.9. The van der Waals surface area contributed by atoms with Crippen LogP contribution in [0.15, 0.2) is 29.4 Å². The van der Waals surface area contributed by atoms with Crippen molar-refractivity contribution < 1.29 is 4.74 Å². The van der Waals surface area contributed by atoms with Crippen molar-refractivity contribution in [1.29, 1.82) is 0 Å². The van der Waals surface area contributed by atoms with Gasteiger partial charge in [0.25, 0.3) is 0 Å². The van der Waals surface area contributed by atoms with Crippen LogP contribution in [0.5, 0.6) is 0 Å². The molecule has 9 nitrogen and oxygen atoms in total. The second kappa shape index (κ2) is 10.8. The number of guanidine groups is 1. The van der Waals surface area contributed by atoms with Crippen LogP contribution in [-0.4, -0.2) is 76.5 Å². The van der Waals surface area contributed by atoms with E-state index >= 15 is 0 Å². The molecule has 0 spiro atoms. The molecule has 0 bridgehead atoms. The maximum absolute atomic E-state index is 5.44. The van der Waals surface area contributed by atoms with Crippen molar-refractivity contribution in [2.45, 2.75) is 26.8 Å². The fourth-order valence-corrected chi connectivity index (χ4v) is 3.21. The Morgan fingerprint density at radius 1 is 1.21 bits per heavy atom. The third-order valence-corrected chi connectivity index (χ3v) is 5.06. The lowest BCUT2D eigenvalue weighted by Crippen LogP contribution is -2.53. The van der Waals surface area contributed by atoms with Gasteiger partial charge in [0.2, 0.25) is 0 Å². The van der Waals surface area contributed by atoms with E-state index in [-0.39, 0.29) is 0 Å². The summed E-state index contributed by atoms with van der Waals surface area (Å²) in [5.41, 5.74) is 0. The van der Waals surface area contributed by atoms with Crippen molar-refractivity contribution >= 4 is 11.8 Å². The summed E-state index contributed by atoms with van der Waals surface area (Å²) in [5, 5.41) is 11.9. The van der Waals surface area contributed by atoms with Crippen molar-refractivity contribution in [2.24, 2.45) is 12.0 Å². The fraction of sp³-hybridized carbons (Fsp3) is 0.600. The first kappa shape index (κ1) is 21.0. The molecule has 1 N–H and O–H groups in total. The number of piperazine rings is 1. The molecule has 0 atom stereocenters. The Bertz CT molecular complexity index is 768. The maximum Gasteiger partial charge on any atom is 0.194 e. The predicted octanol–water partition coefficient (Wildman–Crippen LogP) is 1.21. The summed E-state index contributed by atoms with van der Waals surface area (Å²) in [6, 6.07) is 6.04. The molecule has 0 radical (unpaired) electrons. The van der Waals surface area contributed by atoms with E-state index in [1.54, 1.807) is 0 Å². The van der Waals surface area contributed by atoms with Crippen LogP contribution < -0.4 is 10.2 Å². The van der Waals surface area contributed by atoms with E-state index in [0.717, 1.165) is 75.8 Å². The zero-order chi connectivity index (χ0) is 20.5. The van der Waals surface area contributed by atoms with Crippen molar-refractivity contribution in [3.05, 3.63) is 36.0 Å². The van der Waals surface area contributed by atoms with Crippen LogP contribution in [-0.2, 0) is 18.3 Å². The smallest absolute Gasteiger partial charge is 0.194 e. The molecule has 0 unspecified atom stereocenters. The Morgan fingerprint density at radius 3 is 2.69 bits per heavy atom. The van der Waals surface area contributed by atoms with Crippen LogP contribution in [0.4, 0.5) is 5.82 Å². The number of aliphatic imine (C=N–C) groups is 1. The summed E-state index contributed by atoms with van der Waals surface area (Å²) in [6.45, 7) is 10.4. The number of hydrogen-bond acceptors (Lipinski definition) is 6. The lowest BCUT2D eigenvalue weighted by Gasteiger charge is -2.37. The number of nitrogens with zero attached hydrogens (tertiary/aromatic N) is 7. The molecule has 1 aliphatic heterocycles. The van der Waals surface area contributed by atoms with Gasteiger partial charge in [0.15, 0.2) is 11.8 Å². The quantitative estimate of drug-likeness (QED) is 0.405. The summed E-state index contributed by atoms with van der Waals surface area (Å²) in [6.07, 6.45) is 2.79. The van der Waals surface area contributed by atoms with E-state index < -0.39 is 0 Å². The van der Waals surface area contributed by atoms with E-state index in [2.05, 4.69) is 36.4 Å². The van der Waals surface area contributed by atoms with Gasteiger partial charge >= 0.3 is 0 Å². The van der Waals surface area contributed by atoms with Crippen molar-refractivity contribution in [1.82, 2.24) is 30.0 Å². The molecule has 9 heteroatoms. The van der Waals surface area contributed by atoms with Crippen molar-refractivity contribution in [3.8, 4) is 0 Å². The zero-order valence-electron chi connectivity index (χ0n) is 17.7. The molecule has 0 amide bonds. The second-order valence-electron chi connectivity index (χ2n) is 7.00. The number of rotatable bonds is 8. The first-order chi connectivity index (χ1) is 14.2. The molecule has 158 valence electrons. The highest BCUT2D eigenvalue weighted by Gasteiger charge is 2.20. The van der Waals surface area contributed by atoms with Crippen LogP contribution >= 0.6 is 0 Å². The molecule has 3 rings (SSSR count). The molecule has 1 fully saturated rings. The zero-order valence-corrected chi connectivity index (χ0v) is 17.7. The van der Waals surface area contributed by atoms with Crippen LogP contribution in [0.25, 0.3) is 0 Å². The lowest BCUT2D eigenvalue weighted by atomic mass is 10.3.